The van der Waals surface area contributed by atoms with E-state index in [0.29, 0.717) is 45.1 Å². The minimum absolute atomic E-state index is 0.000612. The highest BCUT2D eigenvalue weighted by molar-refractivity contribution is 5.89. The van der Waals surface area contributed by atoms with Crippen molar-refractivity contribution in [2.24, 2.45) is 5.92 Å². The number of carbonyl (C=O) groups excluding carboxylic acids is 3. The van der Waals surface area contributed by atoms with Gasteiger partial charge in [0.1, 0.15) is 6.23 Å². The molecule has 1 aromatic carbocycles. The molecule has 278 valence electrons. The number of Topliss-reactive ketones (excluding diaryl/α,β-unsaturated/α-hetero) is 1. The molecule has 4 N–H and O–H groups in total. The summed E-state index contributed by atoms with van der Waals surface area (Å²) >= 11 is 0. The van der Waals surface area contributed by atoms with Crippen LogP contribution in [0.15, 0.2) is 36.8 Å². The number of piperazine rings is 1. The Bertz CT molecular complexity index is 1310. The Labute approximate surface area is 300 Å². The number of aryl methyl sites for hydroxylation is 1. The van der Waals surface area contributed by atoms with E-state index in [-0.39, 0.29) is 41.6 Å². The second-order valence-electron chi connectivity index (χ2n) is 14.9. The normalized spacial score (nSPS) is 21.1. The van der Waals surface area contributed by atoms with E-state index in [1.807, 2.05) is 49.9 Å². The topological polar surface area (TPSA) is 134 Å². The van der Waals surface area contributed by atoms with E-state index in [2.05, 4.69) is 44.4 Å². The van der Waals surface area contributed by atoms with Crippen molar-refractivity contribution in [1.82, 2.24) is 35.3 Å². The van der Waals surface area contributed by atoms with Crippen LogP contribution in [0, 0.1) is 12.8 Å². The molecule has 0 radical (unpaired) electrons. The largest absolute Gasteiger partial charge is 0.376 e. The van der Waals surface area contributed by atoms with Gasteiger partial charge in [-0.05, 0) is 65.0 Å². The van der Waals surface area contributed by atoms with Crippen LogP contribution in [0.25, 0.3) is 0 Å². The maximum atomic E-state index is 14.0. The lowest BCUT2D eigenvalue weighted by atomic mass is 9.95. The lowest BCUT2D eigenvalue weighted by Gasteiger charge is -2.36. The van der Waals surface area contributed by atoms with E-state index in [1.165, 1.54) is 0 Å². The minimum atomic E-state index is -0.834. The molecule has 0 saturated carbocycles. The molecule has 2 aliphatic rings. The summed E-state index contributed by atoms with van der Waals surface area (Å²) in [6, 6.07) is 7.32. The van der Waals surface area contributed by atoms with Gasteiger partial charge >= 0.3 is 0 Å². The third-order valence-corrected chi connectivity index (χ3v) is 10.6. The van der Waals surface area contributed by atoms with Crippen molar-refractivity contribution >= 4 is 17.6 Å². The number of unbranched alkanes of at least 4 members (excludes halogenated alkanes) is 1. The lowest BCUT2D eigenvalue weighted by Crippen LogP contribution is -2.54. The van der Waals surface area contributed by atoms with Crippen molar-refractivity contribution in [2.45, 2.75) is 129 Å². The van der Waals surface area contributed by atoms with E-state index in [1.54, 1.807) is 12.5 Å². The summed E-state index contributed by atoms with van der Waals surface area (Å²) in [5.74, 6) is -0.321. The fourth-order valence-electron chi connectivity index (χ4n) is 7.41. The van der Waals surface area contributed by atoms with E-state index < -0.39 is 12.3 Å². The molecule has 0 bridgehead atoms. The molecular weight excluding hydrogens is 630 g/mol. The highest BCUT2D eigenvalue weighted by Crippen LogP contribution is 2.32. The molecule has 3 heterocycles. The van der Waals surface area contributed by atoms with Crippen LogP contribution in [0.3, 0.4) is 0 Å². The molecule has 4 rings (SSSR count). The Morgan fingerprint density at radius 2 is 1.76 bits per heavy atom. The number of carbonyl (C=O) groups is 3. The summed E-state index contributed by atoms with van der Waals surface area (Å²) in [5.41, 5.74) is 3.16. The van der Waals surface area contributed by atoms with Gasteiger partial charge in [-0.15, -0.1) is 0 Å². The van der Waals surface area contributed by atoms with Crippen molar-refractivity contribution in [2.75, 3.05) is 39.8 Å². The number of hydrogen-bond acceptors (Lipinski definition) is 8. The van der Waals surface area contributed by atoms with Crippen molar-refractivity contribution < 1.29 is 19.5 Å². The number of amides is 2. The van der Waals surface area contributed by atoms with Crippen LogP contribution >= 0.6 is 0 Å². The Morgan fingerprint density at radius 3 is 2.44 bits per heavy atom. The van der Waals surface area contributed by atoms with Crippen LogP contribution in [0.5, 0.6) is 0 Å². The van der Waals surface area contributed by atoms with Gasteiger partial charge in [-0.2, -0.15) is 0 Å². The fourth-order valence-corrected chi connectivity index (χ4v) is 7.41. The molecule has 2 aliphatic heterocycles. The number of likely N-dealkylation sites (tertiary alicyclic amines) is 1. The van der Waals surface area contributed by atoms with Crippen LogP contribution in [0.1, 0.15) is 95.4 Å². The quantitative estimate of drug-likeness (QED) is 0.154. The first-order valence-corrected chi connectivity index (χ1v) is 19.1. The van der Waals surface area contributed by atoms with Gasteiger partial charge in [-0.25, -0.2) is 4.98 Å². The molecule has 11 heteroatoms. The average molecular weight is 694 g/mol. The molecule has 1 aromatic heterocycles. The molecule has 2 fully saturated rings. The number of likely N-dealkylation sites (N-methyl/N-ethyl adjacent to an activating group) is 1. The van der Waals surface area contributed by atoms with Crippen LogP contribution in [-0.2, 0) is 27.2 Å². The lowest BCUT2D eigenvalue weighted by molar-refractivity contribution is -0.141. The zero-order valence-corrected chi connectivity index (χ0v) is 31.2. The van der Waals surface area contributed by atoms with Gasteiger partial charge in [0.05, 0.1) is 18.4 Å². The number of aliphatic hydroxyl groups excluding tert-OH is 1. The third-order valence-electron chi connectivity index (χ3n) is 10.6. The molecule has 6 unspecified atom stereocenters. The number of nitrogens with one attached hydrogen (secondary N) is 3. The number of H-pyrrole nitrogens is 1. The second kappa shape index (κ2) is 20.1. The summed E-state index contributed by atoms with van der Waals surface area (Å²) < 4.78 is 0. The van der Waals surface area contributed by atoms with Gasteiger partial charge in [-0.1, -0.05) is 56.5 Å². The number of aromatic nitrogens is 2. The maximum Gasteiger partial charge on any atom is 0.226 e. The van der Waals surface area contributed by atoms with Gasteiger partial charge in [0.2, 0.25) is 11.8 Å². The smallest absolute Gasteiger partial charge is 0.226 e. The average Bonchev–Trinajstić information content (AvgIpc) is 3.77. The monoisotopic (exact) mass is 693 g/mol. The molecule has 2 saturated heterocycles. The summed E-state index contributed by atoms with van der Waals surface area (Å²) in [7, 11) is 2.12. The standard InChI is InChI=1S/C39H63N7O4/c1-6-7-10-33-16-17-35(38(49)42-30(4)24-32-26-40-27-41-32)46(33)39(50)29(3)9-8-11-36(47)34(25-31-14-12-28(2)13-15-31)43-37(48)18-19-45-22-20-44(5)21-23-45/h12-15,26-27,29-30,33-35,38,42,49H,6-11,16-25H2,1-5H3,(H,40,41)(H,43,48). The third kappa shape index (κ3) is 12.3. The summed E-state index contributed by atoms with van der Waals surface area (Å²) in [4.78, 5) is 54.6. The van der Waals surface area contributed by atoms with Crippen LogP contribution < -0.4 is 10.6 Å². The number of rotatable bonds is 20. The molecular formula is C39H63N7O4. The summed E-state index contributed by atoms with van der Waals surface area (Å²) in [6.45, 7) is 12.8. The van der Waals surface area contributed by atoms with Crippen molar-refractivity contribution in [3.8, 4) is 0 Å². The van der Waals surface area contributed by atoms with Gasteiger partial charge in [0, 0.05) is 81.9 Å². The summed E-state index contributed by atoms with van der Waals surface area (Å²) in [6.07, 6.45) is 10.2. The number of hydrogen-bond donors (Lipinski definition) is 4. The molecule has 0 spiro atoms. The van der Waals surface area contributed by atoms with E-state index in [9.17, 15) is 19.5 Å². The number of nitrogens with zero attached hydrogens (tertiary/aromatic N) is 4. The molecule has 2 aromatic rings. The highest BCUT2D eigenvalue weighted by Gasteiger charge is 2.41. The predicted molar refractivity (Wildman–Crippen MR) is 197 cm³/mol. The number of ketones is 1. The minimum Gasteiger partial charge on any atom is -0.376 e. The number of aromatic amines is 1. The summed E-state index contributed by atoms with van der Waals surface area (Å²) in [5, 5.41) is 17.7. The van der Waals surface area contributed by atoms with Crippen LogP contribution in [-0.4, -0.2) is 118 Å². The molecule has 2 amide bonds. The zero-order valence-electron chi connectivity index (χ0n) is 31.2. The zero-order chi connectivity index (χ0) is 36.0. The Balaban J connectivity index is 1.33. The van der Waals surface area contributed by atoms with Crippen LogP contribution in [0.2, 0.25) is 0 Å². The second-order valence-corrected chi connectivity index (χ2v) is 14.9. The van der Waals surface area contributed by atoms with Crippen molar-refractivity contribution in [3.63, 3.8) is 0 Å². The molecule has 50 heavy (non-hydrogen) atoms. The fraction of sp³-hybridized carbons (Fsp3) is 0.692. The SMILES string of the molecule is CCCCC1CCC(C(O)NC(C)Cc2cnc[nH]2)N1C(=O)C(C)CCCC(=O)C(Cc1ccc(C)cc1)NC(=O)CCN1CCN(C)CC1. The van der Waals surface area contributed by atoms with Crippen LogP contribution in [0.4, 0.5) is 0 Å². The Morgan fingerprint density at radius 1 is 1.02 bits per heavy atom. The Kier molecular flexibility index (Phi) is 15.9. The van der Waals surface area contributed by atoms with Crippen molar-refractivity contribution in [3.05, 3.63) is 53.6 Å². The Hall–Kier alpha value is -3.12. The number of benzene rings is 1. The van der Waals surface area contributed by atoms with Gasteiger partial charge in [0.25, 0.3) is 0 Å². The highest BCUT2D eigenvalue weighted by atomic mass is 16.3. The van der Waals surface area contributed by atoms with Gasteiger partial charge < -0.3 is 30.1 Å². The molecule has 0 aliphatic carbocycles. The predicted octanol–water partition coefficient (Wildman–Crippen LogP) is 3.85. The number of imidazole rings is 1. The van der Waals surface area contributed by atoms with Gasteiger partial charge in [-0.3, -0.25) is 19.7 Å². The van der Waals surface area contributed by atoms with E-state index >= 15 is 0 Å². The first kappa shape index (κ1) is 39.7. The first-order valence-electron chi connectivity index (χ1n) is 19.1. The molecule has 6 atom stereocenters. The van der Waals surface area contributed by atoms with Crippen molar-refractivity contribution in [1.29, 1.82) is 0 Å². The van der Waals surface area contributed by atoms with Gasteiger partial charge in [0.15, 0.2) is 5.78 Å². The van der Waals surface area contributed by atoms with E-state index in [0.717, 1.165) is 75.1 Å². The first-order chi connectivity index (χ1) is 24.0. The number of aliphatic hydroxyl groups is 1. The van der Waals surface area contributed by atoms with E-state index in [4.69, 9.17) is 0 Å². The molecule has 11 nitrogen and oxygen atoms in total. The maximum absolute atomic E-state index is 14.0.